The molecule has 25 heavy (non-hydrogen) atoms. The minimum Gasteiger partial charge on any atom is -0.465 e. The van der Waals surface area contributed by atoms with Crippen molar-refractivity contribution < 1.29 is 19.1 Å². The van der Waals surface area contributed by atoms with Gasteiger partial charge in [-0.3, -0.25) is 9.59 Å². The zero-order valence-corrected chi connectivity index (χ0v) is 14.4. The molecule has 0 spiro atoms. The van der Waals surface area contributed by atoms with E-state index in [9.17, 15) is 14.4 Å². The molecule has 2 aromatic carbocycles. The van der Waals surface area contributed by atoms with Gasteiger partial charge in [-0.25, -0.2) is 4.79 Å². The first-order valence-corrected chi connectivity index (χ1v) is 7.75. The Morgan fingerprint density at radius 3 is 2.00 bits per heavy atom. The lowest BCUT2D eigenvalue weighted by atomic mass is 10.1. The smallest absolute Gasteiger partial charge is 0.337 e. The molecule has 2 amide bonds. The van der Waals surface area contributed by atoms with Gasteiger partial charge in [0.15, 0.2) is 0 Å². The van der Waals surface area contributed by atoms with Gasteiger partial charge in [0.1, 0.15) is 6.42 Å². The number of aryl methyl sites for hydroxylation is 2. The second-order valence-corrected chi connectivity index (χ2v) is 5.61. The highest BCUT2D eigenvalue weighted by Crippen LogP contribution is 2.19. The molecule has 0 fully saturated rings. The Morgan fingerprint density at radius 2 is 1.44 bits per heavy atom. The zero-order chi connectivity index (χ0) is 18.4. The maximum absolute atomic E-state index is 12.1. The number of amides is 2. The first-order chi connectivity index (χ1) is 11.9. The van der Waals surface area contributed by atoms with E-state index < -0.39 is 11.9 Å². The molecule has 0 saturated heterocycles. The first-order valence-electron chi connectivity index (χ1n) is 7.75. The summed E-state index contributed by atoms with van der Waals surface area (Å²) in [7, 11) is 1.30. The fourth-order valence-electron chi connectivity index (χ4n) is 2.35. The summed E-state index contributed by atoms with van der Waals surface area (Å²) in [4.78, 5) is 35.4. The quantitative estimate of drug-likeness (QED) is 0.647. The molecule has 0 aromatic heterocycles. The van der Waals surface area contributed by atoms with E-state index in [-0.39, 0.29) is 12.3 Å². The van der Waals surface area contributed by atoms with E-state index in [1.165, 1.54) is 19.2 Å². The van der Waals surface area contributed by atoms with Gasteiger partial charge in [-0.05, 0) is 49.2 Å². The molecule has 0 unspecified atom stereocenters. The van der Waals surface area contributed by atoms with E-state index >= 15 is 0 Å². The Balaban J connectivity index is 1.93. The number of anilines is 2. The van der Waals surface area contributed by atoms with Crippen molar-refractivity contribution in [1.29, 1.82) is 0 Å². The number of rotatable bonds is 5. The molecule has 2 aromatic rings. The van der Waals surface area contributed by atoms with Crippen LogP contribution < -0.4 is 10.6 Å². The van der Waals surface area contributed by atoms with Crippen LogP contribution in [-0.4, -0.2) is 24.9 Å². The summed E-state index contributed by atoms with van der Waals surface area (Å²) in [5, 5.41) is 5.39. The maximum Gasteiger partial charge on any atom is 0.337 e. The standard InChI is InChI=1S/C19H20N2O4/c1-12-5-4-6-13(2)18(12)21-17(23)11-16(22)20-15-9-7-14(8-10-15)19(24)25-3/h4-10H,11H2,1-3H3,(H,20,22)(H,21,23). The molecule has 0 saturated carbocycles. The molecule has 6 heteroatoms. The normalized spacial score (nSPS) is 10.0. The summed E-state index contributed by atoms with van der Waals surface area (Å²) >= 11 is 0. The van der Waals surface area contributed by atoms with Crippen LogP contribution in [0.25, 0.3) is 0 Å². The van der Waals surface area contributed by atoms with Crippen LogP contribution in [0.1, 0.15) is 27.9 Å². The van der Waals surface area contributed by atoms with Crippen molar-refractivity contribution >= 4 is 29.2 Å². The van der Waals surface area contributed by atoms with E-state index in [4.69, 9.17) is 0 Å². The van der Waals surface area contributed by atoms with Gasteiger partial charge in [-0.2, -0.15) is 0 Å². The lowest BCUT2D eigenvalue weighted by Crippen LogP contribution is -2.22. The van der Waals surface area contributed by atoms with Crippen molar-refractivity contribution in [3.05, 3.63) is 59.2 Å². The van der Waals surface area contributed by atoms with Gasteiger partial charge >= 0.3 is 5.97 Å². The van der Waals surface area contributed by atoms with Crippen molar-refractivity contribution in [1.82, 2.24) is 0 Å². The second-order valence-electron chi connectivity index (χ2n) is 5.61. The highest BCUT2D eigenvalue weighted by molar-refractivity contribution is 6.08. The fourth-order valence-corrected chi connectivity index (χ4v) is 2.35. The molecule has 0 aliphatic heterocycles. The van der Waals surface area contributed by atoms with Crippen molar-refractivity contribution in [3.8, 4) is 0 Å². The largest absolute Gasteiger partial charge is 0.465 e. The van der Waals surface area contributed by atoms with Gasteiger partial charge in [0.2, 0.25) is 11.8 Å². The predicted molar refractivity (Wildman–Crippen MR) is 95.6 cm³/mol. The molecule has 0 atom stereocenters. The summed E-state index contributed by atoms with van der Waals surface area (Å²) in [5.41, 5.74) is 3.48. The second kappa shape index (κ2) is 8.10. The third-order valence-corrected chi connectivity index (χ3v) is 3.66. The number of methoxy groups -OCH3 is 1. The summed E-state index contributed by atoms with van der Waals surface area (Å²) in [6, 6.07) is 11.9. The molecule has 6 nitrogen and oxygen atoms in total. The number of esters is 1. The summed E-state index contributed by atoms with van der Waals surface area (Å²) in [6.07, 6.45) is -0.299. The van der Waals surface area contributed by atoms with Crippen LogP contribution in [0.3, 0.4) is 0 Å². The minimum absolute atomic E-state index is 0.299. The molecular weight excluding hydrogens is 320 g/mol. The van der Waals surface area contributed by atoms with E-state index in [0.717, 1.165) is 16.8 Å². The summed E-state index contributed by atoms with van der Waals surface area (Å²) in [6.45, 7) is 3.79. The molecule has 0 heterocycles. The number of para-hydroxylation sites is 1. The van der Waals surface area contributed by atoms with Crippen molar-refractivity contribution in [2.24, 2.45) is 0 Å². The van der Waals surface area contributed by atoms with Crippen LogP contribution in [0.2, 0.25) is 0 Å². The Morgan fingerprint density at radius 1 is 0.880 bits per heavy atom. The molecule has 0 aliphatic carbocycles. The number of benzene rings is 2. The van der Waals surface area contributed by atoms with Gasteiger partial charge in [0.25, 0.3) is 0 Å². The number of nitrogens with one attached hydrogen (secondary N) is 2. The number of carbonyl (C=O) groups excluding carboxylic acids is 3. The monoisotopic (exact) mass is 340 g/mol. The molecule has 0 bridgehead atoms. The lowest BCUT2D eigenvalue weighted by molar-refractivity contribution is -0.123. The third-order valence-electron chi connectivity index (χ3n) is 3.66. The Labute approximate surface area is 146 Å². The van der Waals surface area contributed by atoms with E-state index in [1.54, 1.807) is 12.1 Å². The molecule has 0 radical (unpaired) electrons. The number of hydrogen-bond acceptors (Lipinski definition) is 4. The summed E-state index contributed by atoms with van der Waals surface area (Å²) in [5.74, 6) is -1.28. The number of hydrogen-bond donors (Lipinski definition) is 2. The summed E-state index contributed by atoms with van der Waals surface area (Å²) < 4.78 is 4.61. The fraction of sp³-hybridized carbons (Fsp3) is 0.211. The van der Waals surface area contributed by atoms with Crippen LogP contribution in [0.15, 0.2) is 42.5 Å². The van der Waals surface area contributed by atoms with Crippen molar-refractivity contribution in [3.63, 3.8) is 0 Å². The Bertz CT molecular complexity index is 777. The van der Waals surface area contributed by atoms with Gasteiger partial charge in [0, 0.05) is 11.4 Å². The maximum atomic E-state index is 12.1. The SMILES string of the molecule is COC(=O)c1ccc(NC(=O)CC(=O)Nc2c(C)cccc2C)cc1. The molecule has 130 valence electrons. The van der Waals surface area contributed by atoms with Gasteiger partial charge in [-0.15, -0.1) is 0 Å². The highest BCUT2D eigenvalue weighted by atomic mass is 16.5. The van der Waals surface area contributed by atoms with Gasteiger partial charge in [0.05, 0.1) is 12.7 Å². The van der Waals surface area contributed by atoms with Crippen molar-refractivity contribution in [2.45, 2.75) is 20.3 Å². The van der Waals surface area contributed by atoms with Crippen molar-refractivity contribution in [2.75, 3.05) is 17.7 Å². The van der Waals surface area contributed by atoms with Crippen LogP contribution in [0.4, 0.5) is 11.4 Å². The highest BCUT2D eigenvalue weighted by Gasteiger charge is 2.13. The Kier molecular flexibility index (Phi) is 5.89. The molecule has 0 aliphatic rings. The van der Waals surface area contributed by atoms with Crippen LogP contribution in [-0.2, 0) is 14.3 Å². The van der Waals surface area contributed by atoms with E-state index in [0.29, 0.717) is 11.3 Å². The molecular formula is C19H20N2O4. The minimum atomic E-state index is -0.453. The Hall–Kier alpha value is -3.15. The number of ether oxygens (including phenoxy) is 1. The van der Waals surface area contributed by atoms with Crippen LogP contribution >= 0.6 is 0 Å². The topological polar surface area (TPSA) is 84.5 Å². The van der Waals surface area contributed by atoms with Gasteiger partial charge in [-0.1, -0.05) is 18.2 Å². The van der Waals surface area contributed by atoms with Crippen LogP contribution in [0, 0.1) is 13.8 Å². The molecule has 2 rings (SSSR count). The number of carbonyl (C=O) groups is 3. The van der Waals surface area contributed by atoms with Gasteiger partial charge < -0.3 is 15.4 Å². The average molecular weight is 340 g/mol. The predicted octanol–water partition coefficient (Wildman–Crippen LogP) is 3.06. The van der Waals surface area contributed by atoms with E-state index in [2.05, 4.69) is 15.4 Å². The van der Waals surface area contributed by atoms with E-state index in [1.807, 2.05) is 32.0 Å². The first kappa shape index (κ1) is 18.2. The third kappa shape index (κ3) is 4.91. The molecule has 2 N–H and O–H groups in total. The van der Waals surface area contributed by atoms with Crippen LogP contribution in [0.5, 0.6) is 0 Å². The lowest BCUT2D eigenvalue weighted by Gasteiger charge is -2.11. The zero-order valence-electron chi connectivity index (χ0n) is 14.4. The average Bonchev–Trinajstić information content (AvgIpc) is 2.58.